The molecule has 1 aliphatic rings. The third-order valence-electron chi connectivity index (χ3n) is 3.99. The normalized spacial score (nSPS) is 14.8. The molecule has 114 valence electrons. The highest BCUT2D eigenvalue weighted by atomic mass is 16.2. The van der Waals surface area contributed by atoms with Crippen LogP contribution in [-0.4, -0.2) is 49.0 Å². The van der Waals surface area contributed by atoms with E-state index in [-0.39, 0.29) is 5.91 Å². The maximum absolute atomic E-state index is 12.6. The predicted molar refractivity (Wildman–Crippen MR) is 88.3 cm³/mol. The van der Waals surface area contributed by atoms with Crippen LogP contribution in [0.4, 0.5) is 11.4 Å². The van der Waals surface area contributed by atoms with Gasteiger partial charge < -0.3 is 15.1 Å². The number of nitrogens with zero attached hydrogens (tertiary/aromatic N) is 3. The first-order valence-electron chi connectivity index (χ1n) is 7.50. The molecule has 0 saturated carbocycles. The zero-order valence-corrected chi connectivity index (χ0v) is 12.7. The fourth-order valence-corrected chi connectivity index (χ4v) is 2.71. The van der Waals surface area contributed by atoms with Gasteiger partial charge >= 0.3 is 0 Å². The van der Waals surface area contributed by atoms with E-state index in [0.29, 0.717) is 0 Å². The number of benzene rings is 1. The van der Waals surface area contributed by atoms with Gasteiger partial charge in [-0.3, -0.25) is 9.78 Å². The standard InChI is InChI=1S/C17H20N4O/c1-18-15-4-2-3-14(13-15)17(22)21-11-9-20(10-12-21)16-5-7-19-8-6-16/h2-8,13,18H,9-12H2,1H3. The van der Waals surface area contributed by atoms with E-state index in [2.05, 4.69) is 15.2 Å². The van der Waals surface area contributed by atoms with E-state index in [1.807, 2.05) is 48.3 Å². The van der Waals surface area contributed by atoms with Crippen LogP contribution in [-0.2, 0) is 0 Å². The second-order valence-electron chi connectivity index (χ2n) is 5.32. The molecule has 1 fully saturated rings. The number of rotatable bonds is 3. The molecule has 1 amide bonds. The maximum atomic E-state index is 12.6. The molecule has 5 nitrogen and oxygen atoms in total. The number of carbonyl (C=O) groups is 1. The number of amides is 1. The van der Waals surface area contributed by atoms with Crippen molar-refractivity contribution < 1.29 is 4.79 Å². The van der Waals surface area contributed by atoms with Crippen molar-refractivity contribution in [2.24, 2.45) is 0 Å². The lowest BCUT2D eigenvalue weighted by atomic mass is 10.1. The van der Waals surface area contributed by atoms with Crippen LogP contribution in [0.3, 0.4) is 0 Å². The lowest BCUT2D eigenvalue weighted by Gasteiger charge is -2.36. The molecule has 1 saturated heterocycles. The quantitative estimate of drug-likeness (QED) is 0.942. The fraction of sp³-hybridized carbons (Fsp3) is 0.294. The summed E-state index contributed by atoms with van der Waals surface area (Å²) in [6, 6.07) is 11.7. The first-order chi connectivity index (χ1) is 10.8. The number of hydrogen-bond donors (Lipinski definition) is 1. The van der Waals surface area contributed by atoms with Crippen LogP contribution >= 0.6 is 0 Å². The Morgan fingerprint density at radius 2 is 1.82 bits per heavy atom. The van der Waals surface area contributed by atoms with Crippen molar-refractivity contribution in [3.63, 3.8) is 0 Å². The summed E-state index contributed by atoms with van der Waals surface area (Å²) in [5, 5.41) is 3.07. The monoisotopic (exact) mass is 296 g/mol. The Morgan fingerprint density at radius 3 is 2.50 bits per heavy atom. The average molecular weight is 296 g/mol. The lowest BCUT2D eigenvalue weighted by Crippen LogP contribution is -2.48. The van der Waals surface area contributed by atoms with Crippen molar-refractivity contribution >= 4 is 17.3 Å². The SMILES string of the molecule is CNc1cccc(C(=O)N2CCN(c3ccncc3)CC2)c1. The molecule has 1 aliphatic heterocycles. The van der Waals surface area contributed by atoms with Crippen LogP contribution in [0.2, 0.25) is 0 Å². The van der Waals surface area contributed by atoms with Crippen LogP contribution in [0.5, 0.6) is 0 Å². The van der Waals surface area contributed by atoms with Crippen molar-refractivity contribution in [3.8, 4) is 0 Å². The highest BCUT2D eigenvalue weighted by molar-refractivity contribution is 5.95. The molecule has 3 rings (SSSR count). The lowest BCUT2D eigenvalue weighted by molar-refractivity contribution is 0.0747. The molecule has 2 aromatic rings. The highest BCUT2D eigenvalue weighted by Crippen LogP contribution is 2.17. The zero-order chi connectivity index (χ0) is 15.4. The van der Waals surface area contributed by atoms with Crippen LogP contribution in [0.1, 0.15) is 10.4 Å². The number of carbonyl (C=O) groups excluding carboxylic acids is 1. The summed E-state index contributed by atoms with van der Waals surface area (Å²) in [5.41, 5.74) is 2.87. The summed E-state index contributed by atoms with van der Waals surface area (Å²) in [5.74, 6) is 0.103. The predicted octanol–water partition coefficient (Wildman–Crippen LogP) is 2.09. The molecular weight excluding hydrogens is 276 g/mol. The number of aromatic nitrogens is 1. The van der Waals surface area contributed by atoms with Gasteiger partial charge in [-0.2, -0.15) is 0 Å². The summed E-state index contributed by atoms with van der Waals surface area (Å²) >= 11 is 0. The minimum absolute atomic E-state index is 0.103. The van der Waals surface area contributed by atoms with Gasteiger partial charge in [-0.1, -0.05) is 6.07 Å². The molecule has 0 unspecified atom stereocenters. The smallest absolute Gasteiger partial charge is 0.254 e. The van der Waals surface area contributed by atoms with Gasteiger partial charge in [-0.15, -0.1) is 0 Å². The number of hydrogen-bond acceptors (Lipinski definition) is 4. The first kappa shape index (κ1) is 14.4. The Kier molecular flexibility index (Phi) is 4.23. The van der Waals surface area contributed by atoms with Gasteiger partial charge in [0.25, 0.3) is 5.91 Å². The van der Waals surface area contributed by atoms with Gasteiger partial charge in [0, 0.05) is 62.6 Å². The van der Waals surface area contributed by atoms with E-state index in [1.54, 1.807) is 12.4 Å². The van der Waals surface area contributed by atoms with Crippen LogP contribution < -0.4 is 10.2 Å². The molecule has 22 heavy (non-hydrogen) atoms. The summed E-state index contributed by atoms with van der Waals surface area (Å²) in [6.45, 7) is 3.18. The number of pyridine rings is 1. The van der Waals surface area contributed by atoms with Gasteiger partial charge in [0.15, 0.2) is 0 Å². The van der Waals surface area contributed by atoms with Crippen molar-refractivity contribution in [1.29, 1.82) is 0 Å². The number of nitrogens with one attached hydrogen (secondary N) is 1. The summed E-state index contributed by atoms with van der Waals surface area (Å²) in [7, 11) is 1.86. The van der Waals surface area contributed by atoms with Crippen LogP contribution in [0, 0.1) is 0 Å². The van der Waals surface area contributed by atoms with Crippen molar-refractivity contribution in [2.45, 2.75) is 0 Å². The van der Waals surface area contributed by atoms with Gasteiger partial charge in [0.1, 0.15) is 0 Å². The van der Waals surface area contributed by atoms with Gasteiger partial charge in [-0.05, 0) is 30.3 Å². The average Bonchev–Trinajstić information content (AvgIpc) is 2.62. The zero-order valence-electron chi connectivity index (χ0n) is 12.7. The number of anilines is 2. The number of piperazine rings is 1. The molecule has 1 N–H and O–H groups in total. The van der Waals surface area contributed by atoms with E-state index in [0.717, 1.165) is 37.4 Å². The molecule has 2 heterocycles. The summed E-state index contributed by atoms with van der Waals surface area (Å²) in [4.78, 5) is 20.8. The molecule has 0 radical (unpaired) electrons. The minimum Gasteiger partial charge on any atom is -0.388 e. The Hall–Kier alpha value is -2.56. The molecule has 0 spiro atoms. The highest BCUT2D eigenvalue weighted by Gasteiger charge is 2.22. The molecule has 1 aromatic carbocycles. The largest absolute Gasteiger partial charge is 0.388 e. The Balaban J connectivity index is 1.64. The molecular formula is C17H20N4O. The van der Waals surface area contributed by atoms with Crippen molar-refractivity contribution in [2.75, 3.05) is 43.4 Å². The molecule has 5 heteroatoms. The van der Waals surface area contributed by atoms with Crippen molar-refractivity contribution in [1.82, 2.24) is 9.88 Å². The van der Waals surface area contributed by atoms with Crippen molar-refractivity contribution in [3.05, 3.63) is 54.4 Å². The van der Waals surface area contributed by atoms with Gasteiger partial charge in [0.05, 0.1) is 0 Å². The van der Waals surface area contributed by atoms with Crippen LogP contribution in [0.25, 0.3) is 0 Å². The van der Waals surface area contributed by atoms with E-state index in [4.69, 9.17) is 0 Å². The van der Waals surface area contributed by atoms with Crippen LogP contribution in [0.15, 0.2) is 48.8 Å². The Bertz CT molecular complexity index is 636. The molecule has 1 aromatic heterocycles. The second kappa shape index (κ2) is 6.47. The first-order valence-corrected chi connectivity index (χ1v) is 7.50. The van der Waals surface area contributed by atoms with Gasteiger partial charge in [-0.25, -0.2) is 0 Å². The Morgan fingerprint density at radius 1 is 1.09 bits per heavy atom. The second-order valence-corrected chi connectivity index (χ2v) is 5.32. The third kappa shape index (κ3) is 3.03. The fourth-order valence-electron chi connectivity index (χ4n) is 2.71. The molecule has 0 bridgehead atoms. The summed E-state index contributed by atoms with van der Waals surface area (Å²) < 4.78 is 0. The Labute approximate surface area is 130 Å². The third-order valence-corrected chi connectivity index (χ3v) is 3.99. The van der Waals surface area contributed by atoms with E-state index >= 15 is 0 Å². The molecule has 0 atom stereocenters. The minimum atomic E-state index is 0.103. The maximum Gasteiger partial charge on any atom is 0.254 e. The van der Waals surface area contributed by atoms with E-state index < -0.39 is 0 Å². The van der Waals surface area contributed by atoms with Gasteiger partial charge in [0.2, 0.25) is 0 Å². The van der Waals surface area contributed by atoms with E-state index in [9.17, 15) is 4.79 Å². The topological polar surface area (TPSA) is 48.5 Å². The molecule has 0 aliphatic carbocycles. The van der Waals surface area contributed by atoms with E-state index in [1.165, 1.54) is 5.69 Å². The summed E-state index contributed by atoms with van der Waals surface area (Å²) in [6.07, 6.45) is 3.60.